The number of para-hydroxylation sites is 1. The average Bonchev–Trinajstić information content (AvgIpc) is 3.10. The molecule has 0 unspecified atom stereocenters. The Kier molecular flexibility index (Phi) is 10.3. The van der Waals surface area contributed by atoms with Gasteiger partial charge >= 0.3 is 0 Å². The highest BCUT2D eigenvalue weighted by Crippen LogP contribution is 2.35. The number of halogens is 1. The second-order valence-corrected chi connectivity index (χ2v) is 12.1. The molecule has 1 saturated heterocycles. The lowest BCUT2D eigenvalue weighted by Gasteiger charge is -2.22. The minimum absolute atomic E-state index is 0. The molecule has 0 atom stereocenters. The fourth-order valence-electron chi connectivity index (χ4n) is 4.24. The number of likely N-dealkylation sites (N-methyl/N-ethyl adjacent to an activating group) is 1. The molecule has 0 aliphatic carbocycles. The van der Waals surface area contributed by atoms with Gasteiger partial charge in [0, 0.05) is 31.7 Å². The van der Waals surface area contributed by atoms with Gasteiger partial charge in [0.15, 0.2) is 5.13 Å². The van der Waals surface area contributed by atoms with Crippen molar-refractivity contribution in [1.82, 2.24) is 14.2 Å². The van der Waals surface area contributed by atoms with Crippen molar-refractivity contribution in [2.45, 2.75) is 37.5 Å². The van der Waals surface area contributed by atoms with Crippen LogP contribution in [0, 0.1) is 0 Å². The third-order valence-corrected chi connectivity index (χ3v) is 9.18. The normalized spacial score (nSPS) is 14.8. The molecule has 1 fully saturated rings. The summed E-state index contributed by atoms with van der Waals surface area (Å²) in [7, 11) is 0.338. The Bertz CT molecular complexity index is 1290. The zero-order valence-electron chi connectivity index (χ0n) is 21.6. The first-order valence-corrected chi connectivity index (χ1v) is 14.7. The number of sulfonamides is 1. The first kappa shape index (κ1) is 29.3. The van der Waals surface area contributed by atoms with Crippen LogP contribution in [0.4, 0.5) is 5.13 Å². The molecule has 1 amide bonds. The lowest BCUT2D eigenvalue weighted by atomic mass is 10.2. The van der Waals surface area contributed by atoms with E-state index in [-0.39, 0.29) is 23.2 Å². The topological polar surface area (TPSA) is 83.0 Å². The Hall–Kier alpha value is -2.24. The molecule has 37 heavy (non-hydrogen) atoms. The standard InChI is InChI=1S/C26H34N4O4S2.ClH/c1-4-34-22-10-9-11-23-24(22)27-26(35-23)30(19-18-28(2)3)25(31)20-12-14-21(15-13-20)36(32,33)29-16-7-5-6-8-17-29;/h9-15H,4-8,16-19H2,1-3H3;1H. The molecule has 4 rings (SSSR count). The van der Waals surface area contributed by atoms with Crippen molar-refractivity contribution in [2.24, 2.45) is 0 Å². The maximum atomic E-state index is 13.6. The lowest BCUT2D eigenvalue weighted by molar-refractivity contribution is 0.0985. The Morgan fingerprint density at radius 1 is 1.03 bits per heavy atom. The van der Waals surface area contributed by atoms with Crippen molar-refractivity contribution in [1.29, 1.82) is 0 Å². The van der Waals surface area contributed by atoms with E-state index >= 15 is 0 Å². The van der Waals surface area contributed by atoms with Crippen molar-refractivity contribution in [3.05, 3.63) is 48.0 Å². The molecule has 8 nitrogen and oxygen atoms in total. The molecule has 2 aromatic carbocycles. The molecule has 0 spiro atoms. The maximum absolute atomic E-state index is 13.6. The minimum atomic E-state index is -3.57. The predicted molar refractivity (Wildman–Crippen MR) is 152 cm³/mol. The number of amides is 1. The Morgan fingerprint density at radius 2 is 1.70 bits per heavy atom. The van der Waals surface area contributed by atoms with Crippen LogP contribution in [0.25, 0.3) is 10.2 Å². The van der Waals surface area contributed by atoms with Crippen LogP contribution in [0.15, 0.2) is 47.4 Å². The fraction of sp³-hybridized carbons (Fsp3) is 0.462. The molecule has 1 aliphatic rings. The summed E-state index contributed by atoms with van der Waals surface area (Å²) in [5.74, 6) is 0.480. The van der Waals surface area contributed by atoms with Gasteiger partial charge in [0.1, 0.15) is 11.3 Å². The van der Waals surface area contributed by atoms with E-state index in [2.05, 4.69) is 0 Å². The summed E-state index contributed by atoms with van der Waals surface area (Å²) in [5.41, 5.74) is 1.16. The second kappa shape index (κ2) is 13.0. The number of anilines is 1. The Morgan fingerprint density at radius 3 is 2.32 bits per heavy atom. The number of ether oxygens (including phenoxy) is 1. The summed E-state index contributed by atoms with van der Waals surface area (Å²) >= 11 is 1.44. The lowest BCUT2D eigenvalue weighted by Crippen LogP contribution is -2.36. The van der Waals surface area contributed by atoms with Crippen molar-refractivity contribution >= 4 is 55.0 Å². The van der Waals surface area contributed by atoms with E-state index in [1.54, 1.807) is 33.5 Å². The first-order valence-electron chi connectivity index (χ1n) is 12.4. The highest BCUT2D eigenvalue weighted by molar-refractivity contribution is 7.89. The first-order chi connectivity index (χ1) is 17.3. The summed E-state index contributed by atoms with van der Waals surface area (Å²) in [6.45, 7) is 4.65. The molecular formula is C26H35ClN4O4S2. The smallest absolute Gasteiger partial charge is 0.260 e. The second-order valence-electron chi connectivity index (χ2n) is 9.14. The number of thiazole rings is 1. The van der Waals surface area contributed by atoms with E-state index in [1.807, 2.05) is 44.1 Å². The number of carbonyl (C=O) groups excluding carboxylic acids is 1. The molecule has 11 heteroatoms. The van der Waals surface area contributed by atoms with Crippen molar-refractivity contribution in [3.63, 3.8) is 0 Å². The van der Waals surface area contributed by atoms with Gasteiger partial charge in [-0.3, -0.25) is 9.69 Å². The van der Waals surface area contributed by atoms with Gasteiger partial charge < -0.3 is 9.64 Å². The van der Waals surface area contributed by atoms with Crippen molar-refractivity contribution in [2.75, 3.05) is 51.8 Å². The average molecular weight is 567 g/mol. The van der Waals surface area contributed by atoms with E-state index in [1.165, 1.54) is 11.3 Å². The van der Waals surface area contributed by atoms with Gasteiger partial charge in [-0.25, -0.2) is 13.4 Å². The van der Waals surface area contributed by atoms with E-state index in [4.69, 9.17) is 9.72 Å². The van der Waals surface area contributed by atoms with Crippen LogP contribution in [-0.2, 0) is 10.0 Å². The SMILES string of the molecule is CCOc1cccc2sc(N(CCN(C)C)C(=O)c3ccc(S(=O)(=O)N4CCCCCC4)cc3)nc12.Cl. The molecule has 0 radical (unpaired) electrons. The van der Waals surface area contributed by atoms with Crippen LogP contribution < -0.4 is 9.64 Å². The van der Waals surface area contributed by atoms with Crippen LogP contribution in [0.5, 0.6) is 5.75 Å². The summed E-state index contributed by atoms with van der Waals surface area (Å²) < 4.78 is 34.5. The zero-order valence-corrected chi connectivity index (χ0v) is 24.0. The van der Waals surface area contributed by atoms with Crippen molar-refractivity contribution in [3.8, 4) is 5.75 Å². The molecule has 1 aliphatic heterocycles. The highest BCUT2D eigenvalue weighted by Gasteiger charge is 2.27. The fourth-order valence-corrected chi connectivity index (χ4v) is 6.76. The van der Waals surface area contributed by atoms with Crippen molar-refractivity contribution < 1.29 is 17.9 Å². The molecule has 2 heterocycles. The van der Waals surface area contributed by atoms with Crippen LogP contribution in [0.2, 0.25) is 0 Å². The molecule has 202 valence electrons. The Labute approximate surface area is 229 Å². The quantitative estimate of drug-likeness (QED) is 0.367. The van der Waals surface area contributed by atoms with Crippen LogP contribution in [0.1, 0.15) is 43.0 Å². The molecule has 0 saturated carbocycles. The van der Waals surface area contributed by atoms with Gasteiger partial charge in [0.2, 0.25) is 10.0 Å². The number of hydrogen-bond acceptors (Lipinski definition) is 7. The van der Waals surface area contributed by atoms with E-state index in [0.717, 1.165) is 35.9 Å². The van der Waals surface area contributed by atoms with E-state index < -0.39 is 10.0 Å². The minimum Gasteiger partial charge on any atom is -0.492 e. The number of rotatable bonds is 9. The Balaban J connectivity index is 0.00000380. The molecular weight excluding hydrogens is 532 g/mol. The van der Waals surface area contributed by atoms with Gasteiger partial charge in [0.05, 0.1) is 16.2 Å². The summed E-state index contributed by atoms with van der Waals surface area (Å²) in [6.07, 6.45) is 3.87. The van der Waals surface area contributed by atoms with Gasteiger partial charge in [-0.15, -0.1) is 12.4 Å². The van der Waals surface area contributed by atoms with Gasteiger partial charge in [-0.1, -0.05) is 30.2 Å². The zero-order chi connectivity index (χ0) is 25.7. The van der Waals surface area contributed by atoms with E-state index in [9.17, 15) is 13.2 Å². The summed E-state index contributed by atoms with van der Waals surface area (Å²) in [6, 6.07) is 12.1. The molecule has 1 aromatic heterocycles. The number of nitrogens with zero attached hydrogens (tertiary/aromatic N) is 4. The number of benzene rings is 2. The largest absolute Gasteiger partial charge is 0.492 e. The van der Waals surface area contributed by atoms with Crippen LogP contribution in [-0.4, -0.2) is 75.4 Å². The molecule has 3 aromatic rings. The van der Waals surface area contributed by atoms with Gasteiger partial charge in [-0.2, -0.15) is 4.31 Å². The molecule has 0 N–H and O–H groups in total. The maximum Gasteiger partial charge on any atom is 0.260 e. The number of aromatic nitrogens is 1. The third-order valence-electron chi connectivity index (χ3n) is 6.22. The molecule has 0 bridgehead atoms. The number of fused-ring (bicyclic) bond motifs is 1. The highest BCUT2D eigenvalue weighted by atomic mass is 35.5. The number of hydrogen-bond donors (Lipinski definition) is 0. The monoisotopic (exact) mass is 566 g/mol. The van der Waals surface area contributed by atoms with Crippen LogP contribution >= 0.6 is 23.7 Å². The third kappa shape index (κ3) is 6.80. The van der Waals surface area contributed by atoms with Crippen LogP contribution in [0.3, 0.4) is 0 Å². The van der Waals surface area contributed by atoms with E-state index in [0.29, 0.717) is 49.2 Å². The summed E-state index contributed by atoms with van der Waals surface area (Å²) in [5, 5.41) is 0.588. The van der Waals surface area contributed by atoms with Gasteiger partial charge in [0.25, 0.3) is 5.91 Å². The van der Waals surface area contributed by atoms with Gasteiger partial charge in [-0.05, 0) is 70.3 Å². The number of carbonyl (C=O) groups is 1. The summed E-state index contributed by atoms with van der Waals surface area (Å²) in [4.78, 5) is 22.3. The predicted octanol–water partition coefficient (Wildman–Crippen LogP) is 4.89.